The summed E-state index contributed by atoms with van der Waals surface area (Å²) in [6, 6.07) is -0.413. The Balaban J connectivity index is 2.77. The Morgan fingerprint density at radius 2 is 2.27 bits per heavy atom. The van der Waals surface area contributed by atoms with E-state index in [1.807, 2.05) is 0 Å². The first-order valence-corrected chi connectivity index (χ1v) is 6.18. The van der Waals surface area contributed by atoms with Crippen LogP contribution in [-0.2, 0) is 15.0 Å². The number of aliphatic hydroxyl groups is 1. The summed E-state index contributed by atoms with van der Waals surface area (Å²) < 4.78 is 33.9. The molecular weight excluding hydrogens is 225 g/mol. The van der Waals surface area contributed by atoms with Crippen molar-refractivity contribution in [3.63, 3.8) is 0 Å². The van der Waals surface area contributed by atoms with E-state index in [0.717, 1.165) is 0 Å². The van der Waals surface area contributed by atoms with Crippen LogP contribution in [0.1, 0.15) is 19.8 Å². The molecule has 1 rings (SSSR count). The number of nitrogens with zero attached hydrogens (tertiary/aromatic N) is 1. The molecule has 0 aromatic heterocycles. The van der Waals surface area contributed by atoms with Gasteiger partial charge in [0.05, 0.1) is 12.6 Å². The summed E-state index contributed by atoms with van der Waals surface area (Å²) in [5.41, 5.74) is 0. The zero-order valence-electron chi connectivity index (χ0n) is 8.39. The molecule has 0 aromatic rings. The number of rotatable bonds is 4. The maximum atomic E-state index is 12.6. The molecule has 1 heterocycles. The normalized spacial score (nSPS) is 24.6. The molecule has 1 amide bonds. The zero-order chi connectivity index (χ0) is 11.6. The van der Waals surface area contributed by atoms with Crippen LogP contribution in [-0.4, -0.2) is 48.8 Å². The number of likely N-dealkylation sites (tertiary alicyclic amines) is 1. The SMILES string of the molecule is CCC(CO)N1CC(S(=O)(=O)F)CC1=O. The van der Waals surface area contributed by atoms with Gasteiger partial charge in [0.15, 0.2) is 0 Å². The van der Waals surface area contributed by atoms with Crippen LogP contribution in [0.25, 0.3) is 0 Å². The zero-order valence-corrected chi connectivity index (χ0v) is 9.21. The first-order valence-electron chi connectivity index (χ1n) is 4.74. The van der Waals surface area contributed by atoms with Gasteiger partial charge in [0.1, 0.15) is 5.25 Å². The quantitative estimate of drug-likeness (QED) is 0.681. The number of halogens is 1. The maximum absolute atomic E-state index is 12.6. The highest BCUT2D eigenvalue weighted by Crippen LogP contribution is 2.22. The van der Waals surface area contributed by atoms with E-state index in [2.05, 4.69) is 0 Å². The molecule has 0 radical (unpaired) electrons. The molecule has 0 saturated carbocycles. The lowest BCUT2D eigenvalue weighted by Crippen LogP contribution is -2.39. The summed E-state index contributed by atoms with van der Waals surface area (Å²) in [4.78, 5) is 12.6. The average molecular weight is 239 g/mol. The van der Waals surface area contributed by atoms with Crippen LogP contribution in [0, 0.1) is 0 Å². The maximum Gasteiger partial charge on any atom is 0.307 e. The first-order chi connectivity index (χ1) is 6.90. The summed E-state index contributed by atoms with van der Waals surface area (Å²) >= 11 is 0. The van der Waals surface area contributed by atoms with Gasteiger partial charge in [-0.05, 0) is 6.42 Å². The van der Waals surface area contributed by atoms with Crippen molar-refractivity contribution in [2.75, 3.05) is 13.2 Å². The van der Waals surface area contributed by atoms with Crippen molar-refractivity contribution in [2.45, 2.75) is 31.1 Å². The molecule has 0 bridgehead atoms. The number of aliphatic hydroxyl groups excluding tert-OH is 1. The summed E-state index contributed by atoms with van der Waals surface area (Å²) in [7, 11) is -4.66. The van der Waals surface area contributed by atoms with Gasteiger partial charge >= 0.3 is 10.2 Å². The molecule has 1 fully saturated rings. The standard InChI is InChI=1S/C8H14FNO4S/c1-2-6(5-11)10-4-7(3-8(10)12)15(9,13)14/h6-7,11H,2-5H2,1H3. The van der Waals surface area contributed by atoms with Crippen LogP contribution >= 0.6 is 0 Å². The van der Waals surface area contributed by atoms with Crippen molar-refractivity contribution in [3.05, 3.63) is 0 Å². The second-order valence-electron chi connectivity index (χ2n) is 3.59. The van der Waals surface area contributed by atoms with Crippen molar-refractivity contribution in [3.8, 4) is 0 Å². The van der Waals surface area contributed by atoms with E-state index >= 15 is 0 Å². The Kier molecular flexibility index (Phi) is 3.67. The van der Waals surface area contributed by atoms with Crippen LogP contribution in [0.4, 0.5) is 3.89 Å². The van der Waals surface area contributed by atoms with Gasteiger partial charge in [-0.1, -0.05) is 6.92 Å². The fraction of sp³-hybridized carbons (Fsp3) is 0.875. The van der Waals surface area contributed by atoms with Gasteiger partial charge in [-0.2, -0.15) is 8.42 Å². The van der Waals surface area contributed by atoms with Crippen LogP contribution < -0.4 is 0 Å². The van der Waals surface area contributed by atoms with Crippen molar-refractivity contribution in [2.24, 2.45) is 0 Å². The van der Waals surface area contributed by atoms with Crippen LogP contribution in [0.3, 0.4) is 0 Å². The number of hydrogen-bond donors (Lipinski definition) is 1. The number of carbonyl (C=O) groups is 1. The van der Waals surface area contributed by atoms with Crippen molar-refractivity contribution in [1.82, 2.24) is 4.90 Å². The first kappa shape index (κ1) is 12.4. The monoisotopic (exact) mass is 239 g/mol. The summed E-state index contributed by atoms with van der Waals surface area (Å²) in [6.07, 6.45) is 0.191. The second kappa shape index (κ2) is 4.44. The van der Waals surface area contributed by atoms with E-state index in [1.165, 1.54) is 4.90 Å². The fourth-order valence-corrected chi connectivity index (χ4v) is 2.37. The molecule has 15 heavy (non-hydrogen) atoms. The van der Waals surface area contributed by atoms with E-state index < -0.39 is 27.4 Å². The van der Waals surface area contributed by atoms with Crippen LogP contribution in [0.2, 0.25) is 0 Å². The Hall–Kier alpha value is -0.690. The van der Waals surface area contributed by atoms with Gasteiger partial charge in [0, 0.05) is 13.0 Å². The van der Waals surface area contributed by atoms with Crippen molar-refractivity contribution < 1.29 is 22.2 Å². The van der Waals surface area contributed by atoms with Gasteiger partial charge in [0.2, 0.25) is 5.91 Å². The summed E-state index contributed by atoms with van der Waals surface area (Å²) in [5, 5.41) is 7.68. The van der Waals surface area contributed by atoms with Crippen molar-refractivity contribution in [1.29, 1.82) is 0 Å². The largest absolute Gasteiger partial charge is 0.394 e. The summed E-state index contributed by atoms with van der Waals surface area (Å²) in [6.45, 7) is 1.38. The fourth-order valence-electron chi connectivity index (χ4n) is 1.69. The minimum atomic E-state index is -4.66. The van der Waals surface area contributed by atoms with Crippen molar-refractivity contribution >= 4 is 16.1 Å². The molecule has 0 spiro atoms. The lowest BCUT2D eigenvalue weighted by molar-refractivity contribution is -0.130. The van der Waals surface area contributed by atoms with Gasteiger partial charge in [0.25, 0.3) is 0 Å². The minimum absolute atomic E-state index is 0.156. The third-order valence-corrected chi connectivity index (χ3v) is 3.76. The van der Waals surface area contributed by atoms with E-state index in [-0.39, 0.29) is 19.6 Å². The highest BCUT2D eigenvalue weighted by Gasteiger charge is 2.40. The van der Waals surface area contributed by atoms with Gasteiger partial charge in [-0.3, -0.25) is 4.79 Å². The molecule has 0 aliphatic carbocycles. The van der Waals surface area contributed by atoms with E-state index in [4.69, 9.17) is 5.11 Å². The molecule has 2 atom stereocenters. The molecule has 7 heteroatoms. The van der Waals surface area contributed by atoms with Gasteiger partial charge in [-0.15, -0.1) is 3.89 Å². The average Bonchev–Trinajstić information content (AvgIpc) is 2.50. The Morgan fingerprint density at radius 3 is 2.60 bits per heavy atom. The molecule has 1 saturated heterocycles. The van der Waals surface area contributed by atoms with E-state index in [1.54, 1.807) is 6.92 Å². The van der Waals surface area contributed by atoms with Gasteiger partial charge < -0.3 is 10.0 Å². The molecule has 0 aromatic carbocycles. The molecular formula is C8H14FNO4S. The smallest absolute Gasteiger partial charge is 0.307 e. The number of hydrogen-bond acceptors (Lipinski definition) is 4. The Labute approximate surface area is 88.1 Å². The third kappa shape index (κ3) is 2.66. The predicted molar refractivity (Wildman–Crippen MR) is 51.3 cm³/mol. The van der Waals surface area contributed by atoms with Crippen LogP contribution in [0.15, 0.2) is 0 Å². The third-order valence-electron chi connectivity index (χ3n) is 2.64. The topological polar surface area (TPSA) is 74.7 Å². The molecule has 1 aliphatic heterocycles. The highest BCUT2D eigenvalue weighted by molar-refractivity contribution is 7.87. The Bertz CT molecular complexity index is 339. The second-order valence-corrected chi connectivity index (χ2v) is 5.21. The predicted octanol–water partition coefficient (Wildman–Crippen LogP) is -0.343. The minimum Gasteiger partial charge on any atom is -0.394 e. The molecule has 1 aliphatic rings. The molecule has 5 nitrogen and oxygen atoms in total. The lowest BCUT2D eigenvalue weighted by atomic mass is 10.2. The highest BCUT2D eigenvalue weighted by atomic mass is 32.3. The number of carbonyl (C=O) groups excluding carboxylic acids is 1. The van der Waals surface area contributed by atoms with Crippen LogP contribution in [0.5, 0.6) is 0 Å². The van der Waals surface area contributed by atoms with Gasteiger partial charge in [-0.25, -0.2) is 0 Å². The van der Waals surface area contributed by atoms with E-state index in [0.29, 0.717) is 6.42 Å². The Morgan fingerprint density at radius 1 is 1.67 bits per heavy atom. The lowest BCUT2D eigenvalue weighted by Gasteiger charge is -2.24. The molecule has 88 valence electrons. The molecule has 1 N–H and O–H groups in total. The summed E-state index contributed by atoms with van der Waals surface area (Å²) in [5.74, 6) is -0.415. The molecule has 2 unspecified atom stereocenters. The number of amides is 1. The van der Waals surface area contributed by atoms with E-state index in [9.17, 15) is 17.1 Å².